The molecule has 0 aliphatic heterocycles. The zero-order chi connectivity index (χ0) is 12.2. The van der Waals surface area contributed by atoms with Crippen LogP contribution in [0.1, 0.15) is 39.9 Å². The molecule has 0 saturated heterocycles. The Labute approximate surface area is 97.2 Å². The summed E-state index contributed by atoms with van der Waals surface area (Å²) < 4.78 is 5.57. The Morgan fingerprint density at radius 3 is 2.56 bits per heavy atom. The van der Waals surface area contributed by atoms with Gasteiger partial charge >= 0.3 is 0 Å². The summed E-state index contributed by atoms with van der Waals surface area (Å²) in [5.41, 5.74) is 5.93. The maximum Gasteiger partial charge on any atom is 0.218 e. The Bertz CT molecular complexity index is 345. The molecular weight excluding hydrogens is 202 g/mol. The number of nitrogens with zero attached hydrogens (tertiary/aromatic N) is 2. The molecule has 0 atom stereocenters. The van der Waals surface area contributed by atoms with Crippen molar-refractivity contribution in [2.24, 2.45) is 5.41 Å². The molecule has 0 spiro atoms. The van der Waals surface area contributed by atoms with Gasteiger partial charge in [0.05, 0.1) is 6.61 Å². The highest BCUT2D eigenvalue weighted by atomic mass is 16.5. The molecule has 2 N–H and O–H groups in total. The topological polar surface area (TPSA) is 61.0 Å². The van der Waals surface area contributed by atoms with Crippen LogP contribution in [0.5, 0.6) is 5.88 Å². The van der Waals surface area contributed by atoms with Crippen LogP contribution in [0.3, 0.4) is 0 Å². The van der Waals surface area contributed by atoms with Gasteiger partial charge in [-0.1, -0.05) is 27.7 Å². The summed E-state index contributed by atoms with van der Waals surface area (Å²) in [6.07, 6.45) is 1.75. The van der Waals surface area contributed by atoms with E-state index >= 15 is 0 Å². The molecule has 0 aliphatic rings. The summed E-state index contributed by atoms with van der Waals surface area (Å²) in [6.45, 7) is 9.20. The van der Waals surface area contributed by atoms with E-state index in [0.29, 0.717) is 18.3 Å². The van der Waals surface area contributed by atoms with Gasteiger partial charge in [-0.25, -0.2) is 4.98 Å². The normalized spacial score (nSPS) is 11.5. The number of aromatic nitrogens is 2. The quantitative estimate of drug-likeness (QED) is 0.851. The summed E-state index contributed by atoms with van der Waals surface area (Å²) in [4.78, 5) is 8.35. The summed E-state index contributed by atoms with van der Waals surface area (Å²) in [7, 11) is 0. The third-order valence-electron chi connectivity index (χ3n) is 2.19. The molecule has 16 heavy (non-hydrogen) atoms. The Balaban J connectivity index is 2.57. The Morgan fingerprint density at radius 1 is 1.31 bits per heavy atom. The molecule has 1 aromatic rings. The van der Waals surface area contributed by atoms with Gasteiger partial charge in [-0.2, -0.15) is 4.98 Å². The second-order valence-electron chi connectivity index (χ2n) is 5.06. The Morgan fingerprint density at radius 2 is 2.00 bits per heavy atom. The highest BCUT2D eigenvalue weighted by Gasteiger charge is 2.10. The van der Waals surface area contributed by atoms with E-state index in [9.17, 15) is 0 Å². The van der Waals surface area contributed by atoms with E-state index in [2.05, 4.69) is 30.7 Å². The maximum absolute atomic E-state index is 5.66. The molecule has 1 heterocycles. The van der Waals surface area contributed by atoms with Gasteiger partial charge in [-0.05, 0) is 11.8 Å². The monoisotopic (exact) mass is 223 g/mol. The van der Waals surface area contributed by atoms with Gasteiger partial charge in [-0.15, -0.1) is 0 Å². The van der Waals surface area contributed by atoms with Gasteiger partial charge < -0.3 is 10.5 Å². The Kier molecular flexibility index (Phi) is 4.10. The number of aryl methyl sites for hydroxylation is 1. The first kappa shape index (κ1) is 12.7. The fraction of sp³-hybridized carbons (Fsp3) is 0.667. The van der Waals surface area contributed by atoms with Gasteiger partial charge in [0.2, 0.25) is 5.88 Å². The van der Waals surface area contributed by atoms with Crippen LogP contribution >= 0.6 is 0 Å². The van der Waals surface area contributed by atoms with Crippen LogP contribution < -0.4 is 10.5 Å². The van der Waals surface area contributed by atoms with Crippen molar-refractivity contribution in [3.05, 3.63) is 11.9 Å². The smallest absolute Gasteiger partial charge is 0.218 e. The van der Waals surface area contributed by atoms with Crippen LogP contribution in [-0.2, 0) is 6.42 Å². The first-order valence-electron chi connectivity index (χ1n) is 5.67. The summed E-state index contributed by atoms with van der Waals surface area (Å²) in [6, 6.07) is 1.67. The van der Waals surface area contributed by atoms with Crippen molar-refractivity contribution >= 4 is 5.82 Å². The van der Waals surface area contributed by atoms with E-state index in [1.807, 2.05) is 6.92 Å². The molecular formula is C12H21N3O. The van der Waals surface area contributed by atoms with Gasteiger partial charge in [0.15, 0.2) is 0 Å². The summed E-state index contributed by atoms with van der Waals surface area (Å²) in [5, 5.41) is 0. The van der Waals surface area contributed by atoms with Crippen LogP contribution in [0, 0.1) is 5.41 Å². The second kappa shape index (κ2) is 5.14. The molecule has 0 radical (unpaired) electrons. The highest BCUT2D eigenvalue weighted by molar-refractivity contribution is 5.32. The van der Waals surface area contributed by atoms with Crippen molar-refractivity contribution in [2.75, 3.05) is 12.3 Å². The van der Waals surface area contributed by atoms with Crippen LogP contribution in [0.2, 0.25) is 0 Å². The number of hydrogen-bond donors (Lipinski definition) is 1. The number of ether oxygens (including phenoxy) is 1. The van der Waals surface area contributed by atoms with E-state index < -0.39 is 0 Å². The van der Waals surface area contributed by atoms with E-state index in [1.165, 1.54) is 0 Å². The highest BCUT2D eigenvalue weighted by Crippen LogP contribution is 2.19. The SMILES string of the molecule is CCc1nc(N)cc(OCCC(C)(C)C)n1. The number of rotatable bonds is 4. The predicted molar refractivity (Wildman–Crippen MR) is 65.4 cm³/mol. The molecule has 1 rings (SSSR count). The van der Waals surface area contributed by atoms with Crippen molar-refractivity contribution in [1.29, 1.82) is 0 Å². The first-order chi connectivity index (χ1) is 7.40. The number of hydrogen-bond acceptors (Lipinski definition) is 4. The lowest BCUT2D eigenvalue weighted by Crippen LogP contribution is -2.12. The van der Waals surface area contributed by atoms with Gasteiger partial charge in [0.1, 0.15) is 11.6 Å². The molecule has 4 heteroatoms. The molecule has 0 aromatic carbocycles. The van der Waals surface area contributed by atoms with E-state index in [4.69, 9.17) is 10.5 Å². The third kappa shape index (κ3) is 4.47. The predicted octanol–water partition coefficient (Wildman–Crippen LogP) is 2.44. The lowest BCUT2D eigenvalue weighted by Gasteiger charge is -2.17. The molecule has 0 fully saturated rings. The minimum atomic E-state index is 0.270. The van der Waals surface area contributed by atoms with Gasteiger partial charge in [-0.3, -0.25) is 0 Å². The minimum absolute atomic E-state index is 0.270. The van der Waals surface area contributed by atoms with Crippen molar-refractivity contribution in [2.45, 2.75) is 40.5 Å². The minimum Gasteiger partial charge on any atom is -0.478 e. The van der Waals surface area contributed by atoms with Crippen molar-refractivity contribution < 1.29 is 4.74 Å². The zero-order valence-corrected chi connectivity index (χ0v) is 10.6. The number of anilines is 1. The lowest BCUT2D eigenvalue weighted by molar-refractivity contribution is 0.235. The van der Waals surface area contributed by atoms with E-state index in [-0.39, 0.29) is 5.41 Å². The van der Waals surface area contributed by atoms with Crippen LogP contribution in [-0.4, -0.2) is 16.6 Å². The standard InChI is InChI=1S/C12H21N3O/c1-5-10-14-9(13)8-11(15-10)16-7-6-12(2,3)4/h8H,5-7H2,1-4H3,(H2,13,14,15). The molecule has 1 aromatic heterocycles. The van der Waals surface area contributed by atoms with E-state index in [0.717, 1.165) is 18.7 Å². The van der Waals surface area contributed by atoms with Crippen LogP contribution in [0.25, 0.3) is 0 Å². The Hall–Kier alpha value is -1.32. The average Bonchev–Trinajstić information content (AvgIpc) is 2.14. The number of nitrogens with two attached hydrogens (primary N) is 1. The fourth-order valence-electron chi connectivity index (χ4n) is 1.19. The van der Waals surface area contributed by atoms with Gasteiger partial charge in [0.25, 0.3) is 0 Å². The molecule has 0 aliphatic carbocycles. The molecule has 0 unspecified atom stereocenters. The summed E-state index contributed by atoms with van der Waals surface area (Å²) in [5.74, 6) is 1.77. The third-order valence-corrected chi connectivity index (χ3v) is 2.19. The first-order valence-corrected chi connectivity index (χ1v) is 5.67. The maximum atomic E-state index is 5.66. The number of nitrogen functional groups attached to an aromatic ring is 1. The fourth-order valence-corrected chi connectivity index (χ4v) is 1.19. The van der Waals surface area contributed by atoms with E-state index in [1.54, 1.807) is 6.07 Å². The average molecular weight is 223 g/mol. The van der Waals surface area contributed by atoms with Crippen molar-refractivity contribution in [1.82, 2.24) is 9.97 Å². The van der Waals surface area contributed by atoms with Crippen LogP contribution in [0.15, 0.2) is 6.07 Å². The van der Waals surface area contributed by atoms with Crippen molar-refractivity contribution in [3.8, 4) is 5.88 Å². The summed E-state index contributed by atoms with van der Waals surface area (Å²) >= 11 is 0. The molecule has 0 amide bonds. The van der Waals surface area contributed by atoms with Gasteiger partial charge in [0, 0.05) is 12.5 Å². The largest absolute Gasteiger partial charge is 0.478 e. The molecule has 90 valence electrons. The molecule has 0 bridgehead atoms. The lowest BCUT2D eigenvalue weighted by atomic mass is 9.93. The zero-order valence-electron chi connectivity index (χ0n) is 10.6. The molecule has 0 saturated carbocycles. The molecule has 4 nitrogen and oxygen atoms in total. The second-order valence-corrected chi connectivity index (χ2v) is 5.06. The van der Waals surface area contributed by atoms with Crippen LogP contribution in [0.4, 0.5) is 5.82 Å². The van der Waals surface area contributed by atoms with Crippen molar-refractivity contribution in [3.63, 3.8) is 0 Å².